The van der Waals surface area contributed by atoms with Gasteiger partial charge < -0.3 is 10.0 Å². The number of hydrogen-bond acceptors (Lipinski definition) is 4. The van der Waals surface area contributed by atoms with E-state index in [4.69, 9.17) is 0 Å². The highest BCUT2D eigenvalue weighted by atomic mass is 32.1. The summed E-state index contributed by atoms with van der Waals surface area (Å²) in [6.07, 6.45) is 5.41. The fraction of sp³-hybridized carbons (Fsp3) is 0.706. The van der Waals surface area contributed by atoms with Gasteiger partial charge in [0.05, 0.1) is 0 Å². The molecule has 3 rings (SSSR count). The first-order valence-electron chi connectivity index (χ1n) is 8.44. The smallest absolute Gasteiger partial charge is 0.222 e. The number of amides is 1. The van der Waals surface area contributed by atoms with E-state index in [2.05, 4.69) is 4.90 Å². The molecule has 1 amide bonds. The summed E-state index contributed by atoms with van der Waals surface area (Å²) in [6.45, 7) is 4.04. The minimum atomic E-state index is -0.402. The van der Waals surface area contributed by atoms with Gasteiger partial charge in [-0.2, -0.15) is 0 Å². The average Bonchev–Trinajstić information content (AvgIpc) is 3.21. The molecule has 1 aromatic rings. The molecule has 2 aliphatic rings. The number of thiophene rings is 1. The van der Waals surface area contributed by atoms with E-state index < -0.39 is 6.10 Å². The first kappa shape index (κ1) is 16.0. The van der Waals surface area contributed by atoms with Crippen LogP contribution < -0.4 is 0 Å². The summed E-state index contributed by atoms with van der Waals surface area (Å²) in [6, 6.07) is 3.96. The fourth-order valence-electron chi connectivity index (χ4n) is 3.59. The molecule has 0 aromatic carbocycles. The third kappa shape index (κ3) is 4.09. The highest BCUT2D eigenvalue weighted by Crippen LogP contribution is 2.28. The Morgan fingerprint density at radius 3 is 2.64 bits per heavy atom. The van der Waals surface area contributed by atoms with E-state index in [-0.39, 0.29) is 0 Å². The Balaban J connectivity index is 1.41. The number of hydrogen-bond donors (Lipinski definition) is 1. The number of β-amino-alcohol motifs (C(OH)–C–C–N with tert-alkyl or cyclic N) is 1. The number of carbonyl (C=O) groups excluding carboxylic acids is 1. The van der Waals surface area contributed by atoms with Gasteiger partial charge in [-0.3, -0.25) is 9.69 Å². The second kappa shape index (κ2) is 7.57. The zero-order valence-corrected chi connectivity index (χ0v) is 13.9. The maximum atomic E-state index is 12.3. The molecule has 0 spiro atoms. The SMILES string of the molecule is O=C(CC1CCCC1)N1CCN(CC(O)c2cccs2)CC1. The topological polar surface area (TPSA) is 43.8 Å². The van der Waals surface area contributed by atoms with Crippen molar-refractivity contribution in [3.8, 4) is 0 Å². The van der Waals surface area contributed by atoms with Crippen molar-refractivity contribution in [1.29, 1.82) is 0 Å². The van der Waals surface area contributed by atoms with E-state index in [1.54, 1.807) is 11.3 Å². The fourth-order valence-corrected chi connectivity index (χ4v) is 4.29. The van der Waals surface area contributed by atoms with Crippen LogP contribution in [0.2, 0.25) is 0 Å². The van der Waals surface area contributed by atoms with Crippen LogP contribution in [0, 0.1) is 5.92 Å². The minimum absolute atomic E-state index is 0.338. The second-order valence-electron chi connectivity index (χ2n) is 6.57. The van der Waals surface area contributed by atoms with Crippen molar-refractivity contribution in [3.63, 3.8) is 0 Å². The van der Waals surface area contributed by atoms with Crippen molar-refractivity contribution in [3.05, 3.63) is 22.4 Å². The molecule has 1 N–H and O–H groups in total. The standard InChI is InChI=1S/C17H26N2O2S/c20-15(16-6-3-11-22-16)13-18-7-9-19(10-8-18)17(21)12-14-4-1-2-5-14/h3,6,11,14-15,20H,1-2,4-5,7-10,12-13H2. The van der Waals surface area contributed by atoms with Gasteiger partial charge in [-0.05, 0) is 30.2 Å². The normalized spacial score (nSPS) is 22.1. The average molecular weight is 322 g/mol. The molecule has 1 aliphatic heterocycles. The highest BCUT2D eigenvalue weighted by Gasteiger charge is 2.26. The Kier molecular flexibility index (Phi) is 5.50. The zero-order valence-electron chi connectivity index (χ0n) is 13.1. The summed E-state index contributed by atoms with van der Waals surface area (Å²) in [7, 11) is 0. The van der Waals surface area contributed by atoms with E-state index >= 15 is 0 Å². The molecule has 1 unspecified atom stereocenters. The summed E-state index contributed by atoms with van der Waals surface area (Å²) in [5.41, 5.74) is 0. The van der Waals surface area contributed by atoms with E-state index in [1.807, 2.05) is 22.4 Å². The van der Waals surface area contributed by atoms with Crippen molar-refractivity contribution < 1.29 is 9.90 Å². The first-order chi connectivity index (χ1) is 10.7. The Morgan fingerprint density at radius 1 is 1.27 bits per heavy atom. The molecule has 122 valence electrons. The van der Waals surface area contributed by atoms with Crippen LogP contribution in [0.5, 0.6) is 0 Å². The molecule has 2 fully saturated rings. The molecule has 1 saturated carbocycles. The largest absolute Gasteiger partial charge is 0.386 e. The molecule has 4 nitrogen and oxygen atoms in total. The molecule has 1 aliphatic carbocycles. The lowest BCUT2D eigenvalue weighted by Crippen LogP contribution is -2.49. The van der Waals surface area contributed by atoms with Gasteiger partial charge in [0, 0.05) is 44.0 Å². The number of rotatable bonds is 5. The quantitative estimate of drug-likeness (QED) is 0.906. The maximum absolute atomic E-state index is 12.3. The summed E-state index contributed by atoms with van der Waals surface area (Å²) in [4.78, 5) is 17.6. The maximum Gasteiger partial charge on any atom is 0.222 e. The van der Waals surface area contributed by atoms with Gasteiger partial charge in [-0.15, -0.1) is 11.3 Å². The van der Waals surface area contributed by atoms with E-state index in [0.717, 1.165) is 37.5 Å². The van der Waals surface area contributed by atoms with Crippen LogP contribution in [0.1, 0.15) is 43.1 Å². The van der Waals surface area contributed by atoms with Crippen LogP contribution in [-0.4, -0.2) is 53.5 Å². The van der Waals surface area contributed by atoms with E-state index in [1.165, 1.54) is 25.7 Å². The van der Waals surface area contributed by atoms with E-state index in [0.29, 0.717) is 18.4 Å². The highest BCUT2D eigenvalue weighted by molar-refractivity contribution is 7.10. The minimum Gasteiger partial charge on any atom is -0.386 e. The molecule has 2 heterocycles. The summed E-state index contributed by atoms with van der Waals surface area (Å²) >= 11 is 1.60. The summed E-state index contributed by atoms with van der Waals surface area (Å²) in [5.74, 6) is 0.969. The number of aliphatic hydroxyl groups excluding tert-OH is 1. The zero-order chi connectivity index (χ0) is 15.4. The monoisotopic (exact) mass is 322 g/mol. The first-order valence-corrected chi connectivity index (χ1v) is 9.32. The molecular formula is C17H26N2O2S. The predicted octanol–water partition coefficient (Wildman–Crippen LogP) is 2.51. The number of piperazine rings is 1. The van der Waals surface area contributed by atoms with Gasteiger partial charge in [-0.25, -0.2) is 0 Å². The molecule has 5 heteroatoms. The lowest BCUT2D eigenvalue weighted by atomic mass is 10.0. The van der Waals surface area contributed by atoms with Crippen LogP contribution in [0.25, 0.3) is 0 Å². The molecule has 0 bridgehead atoms. The Hall–Kier alpha value is -0.910. The van der Waals surface area contributed by atoms with Gasteiger partial charge in [0.15, 0.2) is 0 Å². The molecule has 1 atom stereocenters. The van der Waals surface area contributed by atoms with Gasteiger partial charge in [0.1, 0.15) is 6.10 Å². The summed E-state index contributed by atoms with van der Waals surface area (Å²) < 4.78 is 0. The van der Waals surface area contributed by atoms with Gasteiger partial charge >= 0.3 is 0 Å². The van der Waals surface area contributed by atoms with Crippen molar-refractivity contribution in [2.24, 2.45) is 5.92 Å². The van der Waals surface area contributed by atoms with Crippen LogP contribution in [0.4, 0.5) is 0 Å². The lowest BCUT2D eigenvalue weighted by Gasteiger charge is -2.36. The van der Waals surface area contributed by atoms with Crippen molar-refractivity contribution in [1.82, 2.24) is 9.80 Å². The molecular weight excluding hydrogens is 296 g/mol. The Bertz CT molecular complexity index is 463. The molecule has 1 aromatic heterocycles. The third-order valence-corrected chi connectivity index (χ3v) is 5.94. The molecule has 22 heavy (non-hydrogen) atoms. The van der Waals surface area contributed by atoms with Crippen LogP contribution in [0.3, 0.4) is 0 Å². The third-order valence-electron chi connectivity index (χ3n) is 4.97. The molecule has 0 radical (unpaired) electrons. The van der Waals surface area contributed by atoms with Gasteiger partial charge in [0.25, 0.3) is 0 Å². The van der Waals surface area contributed by atoms with Crippen molar-refractivity contribution in [2.75, 3.05) is 32.7 Å². The second-order valence-corrected chi connectivity index (χ2v) is 7.55. The van der Waals surface area contributed by atoms with Gasteiger partial charge in [0.2, 0.25) is 5.91 Å². The van der Waals surface area contributed by atoms with Crippen LogP contribution >= 0.6 is 11.3 Å². The number of carbonyl (C=O) groups is 1. The number of aliphatic hydroxyl groups is 1. The molecule has 1 saturated heterocycles. The predicted molar refractivity (Wildman–Crippen MR) is 88.9 cm³/mol. The Morgan fingerprint density at radius 2 is 2.00 bits per heavy atom. The van der Waals surface area contributed by atoms with Crippen LogP contribution in [-0.2, 0) is 4.79 Å². The Labute approximate surface area is 136 Å². The number of nitrogens with zero attached hydrogens (tertiary/aromatic N) is 2. The van der Waals surface area contributed by atoms with Gasteiger partial charge in [-0.1, -0.05) is 18.9 Å². The van der Waals surface area contributed by atoms with Crippen LogP contribution in [0.15, 0.2) is 17.5 Å². The van der Waals surface area contributed by atoms with Crippen molar-refractivity contribution >= 4 is 17.2 Å². The van der Waals surface area contributed by atoms with Crippen molar-refractivity contribution in [2.45, 2.75) is 38.2 Å². The summed E-state index contributed by atoms with van der Waals surface area (Å²) in [5, 5.41) is 12.2. The van der Waals surface area contributed by atoms with E-state index in [9.17, 15) is 9.90 Å². The lowest BCUT2D eigenvalue weighted by molar-refractivity contribution is -0.134.